The van der Waals surface area contributed by atoms with Crippen LogP contribution in [0, 0.1) is 0 Å². The number of halogens is 1. The molecule has 2 aliphatic heterocycles. The Morgan fingerprint density at radius 3 is 2.85 bits per heavy atom. The smallest absolute Gasteiger partial charge is 0.414 e. The molecule has 0 aliphatic carbocycles. The second kappa shape index (κ2) is 8.60. The van der Waals surface area contributed by atoms with Gasteiger partial charge in [-0.3, -0.25) is 19.1 Å². The van der Waals surface area contributed by atoms with Crippen LogP contribution >= 0.6 is 23.4 Å². The van der Waals surface area contributed by atoms with E-state index >= 15 is 0 Å². The number of para-hydroxylation sites is 1. The van der Waals surface area contributed by atoms with Crippen LogP contribution in [-0.4, -0.2) is 40.0 Å². The Morgan fingerprint density at radius 1 is 1.15 bits per heavy atom. The summed E-state index contributed by atoms with van der Waals surface area (Å²) in [5.41, 5.74) is 0.712. The number of nitrogens with zero attached hydrogens (tertiary/aromatic N) is 2. The standard InChI is InChI=1S/C22H19ClN4O5S/c23-15-5-1-4-14-19(15)25-21(30)26(20(14)29)8-2-3-13-10-27(22(31)32-13)12-6-7-17-16(9-12)24-18(28)11-33-17/h1,4-7,9,13H,2-3,8,10-11H2,(H,24,28)(H,25,30)/t13-/m1/s1. The van der Waals surface area contributed by atoms with Crippen molar-refractivity contribution < 1.29 is 14.3 Å². The van der Waals surface area contributed by atoms with E-state index < -0.39 is 17.3 Å². The summed E-state index contributed by atoms with van der Waals surface area (Å²) in [7, 11) is 0. The third-order valence-corrected chi connectivity index (χ3v) is 7.04. The molecule has 170 valence electrons. The molecule has 2 amide bonds. The fourth-order valence-electron chi connectivity index (χ4n) is 4.04. The summed E-state index contributed by atoms with van der Waals surface area (Å²) in [6.45, 7) is 0.532. The van der Waals surface area contributed by atoms with E-state index in [0.717, 1.165) is 9.46 Å². The molecule has 0 bridgehead atoms. The third kappa shape index (κ3) is 4.11. The SMILES string of the molecule is O=C1CSc2ccc(N3C[C@@H](CCCn4c(=O)[nH]c5c(Cl)cccc5c4=O)OC3=O)cc2N1. The van der Waals surface area contributed by atoms with Gasteiger partial charge in [0.1, 0.15) is 6.10 Å². The Hall–Kier alpha value is -3.24. The maximum atomic E-state index is 12.7. The highest BCUT2D eigenvalue weighted by Crippen LogP contribution is 2.35. The van der Waals surface area contributed by atoms with E-state index in [4.69, 9.17) is 16.3 Å². The van der Waals surface area contributed by atoms with Crippen molar-refractivity contribution in [1.29, 1.82) is 0 Å². The Kier molecular flexibility index (Phi) is 5.63. The molecule has 1 aromatic heterocycles. The summed E-state index contributed by atoms with van der Waals surface area (Å²) in [5.74, 6) is 0.295. The molecule has 5 rings (SSSR count). The molecule has 33 heavy (non-hydrogen) atoms. The molecule has 9 nitrogen and oxygen atoms in total. The highest BCUT2D eigenvalue weighted by atomic mass is 35.5. The zero-order chi connectivity index (χ0) is 23.1. The van der Waals surface area contributed by atoms with Crippen molar-refractivity contribution in [2.24, 2.45) is 0 Å². The van der Waals surface area contributed by atoms with Gasteiger partial charge in [0.25, 0.3) is 5.56 Å². The predicted molar refractivity (Wildman–Crippen MR) is 126 cm³/mol. The molecule has 0 spiro atoms. The number of thioether (sulfide) groups is 1. The van der Waals surface area contributed by atoms with Crippen LogP contribution in [0.1, 0.15) is 12.8 Å². The number of amides is 2. The van der Waals surface area contributed by atoms with Gasteiger partial charge in [0.05, 0.1) is 33.9 Å². The first-order chi connectivity index (χ1) is 15.9. The highest BCUT2D eigenvalue weighted by Gasteiger charge is 2.32. The molecule has 3 heterocycles. The number of anilines is 2. The monoisotopic (exact) mass is 486 g/mol. The van der Waals surface area contributed by atoms with Crippen LogP contribution in [0.15, 0.2) is 50.9 Å². The van der Waals surface area contributed by atoms with E-state index in [1.165, 1.54) is 16.7 Å². The minimum Gasteiger partial charge on any atom is -0.444 e. The van der Waals surface area contributed by atoms with Gasteiger partial charge in [-0.15, -0.1) is 11.8 Å². The third-order valence-electron chi connectivity index (χ3n) is 5.66. The predicted octanol–water partition coefficient (Wildman–Crippen LogP) is 3.19. The molecule has 0 saturated carbocycles. The number of fused-ring (bicyclic) bond motifs is 2. The van der Waals surface area contributed by atoms with Gasteiger partial charge in [-0.25, -0.2) is 9.59 Å². The van der Waals surface area contributed by atoms with Crippen LogP contribution in [-0.2, 0) is 16.1 Å². The first kappa shape index (κ1) is 21.6. The summed E-state index contributed by atoms with van der Waals surface area (Å²) < 4.78 is 6.62. The Morgan fingerprint density at radius 2 is 2.00 bits per heavy atom. The van der Waals surface area contributed by atoms with Gasteiger partial charge in [-0.2, -0.15) is 0 Å². The number of carbonyl (C=O) groups excluding carboxylic acids is 2. The number of aromatic amines is 1. The molecule has 1 atom stereocenters. The van der Waals surface area contributed by atoms with Crippen LogP contribution in [0.25, 0.3) is 10.9 Å². The summed E-state index contributed by atoms with van der Waals surface area (Å²) >= 11 is 7.53. The second-order valence-electron chi connectivity index (χ2n) is 7.83. The fraction of sp³-hybridized carbons (Fsp3) is 0.273. The van der Waals surface area contributed by atoms with Crippen molar-refractivity contribution in [1.82, 2.24) is 9.55 Å². The summed E-state index contributed by atoms with van der Waals surface area (Å²) in [5, 5.41) is 3.47. The number of hydrogen-bond donors (Lipinski definition) is 2. The molecule has 2 aromatic carbocycles. The molecular weight excluding hydrogens is 468 g/mol. The van der Waals surface area contributed by atoms with E-state index in [1.54, 1.807) is 24.3 Å². The van der Waals surface area contributed by atoms with E-state index in [0.29, 0.717) is 52.4 Å². The largest absolute Gasteiger partial charge is 0.444 e. The van der Waals surface area contributed by atoms with Crippen LogP contribution in [0.2, 0.25) is 5.02 Å². The molecule has 3 aromatic rings. The number of aromatic nitrogens is 2. The van der Waals surface area contributed by atoms with Gasteiger partial charge in [0, 0.05) is 17.1 Å². The van der Waals surface area contributed by atoms with Crippen molar-refractivity contribution in [2.45, 2.75) is 30.4 Å². The van der Waals surface area contributed by atoms with Gasteiger partial charge >= 0.3 is 11.8 Å². The number of benzene rings is 2. The number of cyclic esters (lactones) is 1. The average molecular weight is 487 g/mol. The van der Waals surface area contributed by atoms with E-state index in [9.17, 15) is 19.2 Å². The number of H-pyrrole nitrogens is 1. The van der Waals surface area contributed by atoms with Crippen LogP contribution < -0.4 is 21.5 Å². The lowest BCUT2D eigenvalue weighted by Crippen LogP contribution is -2.35. The number of carbonyl (C=O) groups is 2. The minimum absolute atomic E-state index is 0.0762. The minimum atomic E-state index is -0.528. The maximum Gasteiger partial charge on any atom is 0.414 e. The van der Waals surface area contributed by atoms with Crippen molar-refractivity contribution in [3.63, 3.8) is 0 Å². The van der Waals surface area contributed by atoms with Gasteiger partial charge < -0.3 is 15.0 Å². The molecule has 0 radical (unpaired) electrons. The van der Waals surface area contributed by atoms with E-state index in [-0.39, 0.29) is 18.6 Å². The second-order valence-corrected chi connectivity index (χ2v) is 9.25. The Balaban J connectivity index is 1.26. The first-order valence-corrected chi connectivity index (χ1v) is 11.7. The number of nitrogens with one attached hydrogen (secondary N) is 2. The van der Waals surface area contributed by atoms with Crippen molar-refractivity contribution in [3.8, 4) is 0 Å². The van der Waals surface area contributed by atoms with Crippen molar-refractivity contribution >= 4 is 57.6 Å². The van der Waals surface area contributed by atoms with Crippen LogP contribution in [0.5, 0.6) is 0 Å². The van der Waals surface area contributed by atoms with E-state index in [2.05, 4.69) is 10.3 Å². The lowest BCUT2D eigenvalue weighted by Gasteiger charge is -2.20. The lowest BCUT2D eigenvalue weighted by atomic mass is 10.2. The summed E-state index contributed by atoms with van der Waals surface area (Å²) in [6, 6.07) is 10.4. The molecule has 11 heteroatoms. The molecule has 2 aliphatic rings. The first-order valence-electron chi connectivity index (χ1n) is 10.4. The van der Waals surface area contributed by atoms with Crippen LogP contribution in [0.4, 0.5) is 16.2 Å². The molecule has 0 unspecified atom stereocenters. The quantitative estimate of drug-likeness (QED) is 0.572. The van der Waals surface area contributed by atoms with E-state index in [1.807, 2.05) is 12.1 Å². The molecule has 1 fully saturated rings. The topological polar surface area (TPSA) is 114 Å². The Bertz CT molecular complexity index is 1400. The zero-order valence-corrected chi connectivity index (χ0v) is 18.9. The summed E-state index contributed by atoms with van der Waals surface area (Å²) in [6.07, 6.45) is 0.115. The highest BCUT2D eigenvalue weighted by molar-refractivity contribution is 8.00. The molecule has 2 N–H and O–H groups in total. The normalized spacial score (nSPS) is 17.7. The van der Waals surface area contributed by atoms with Gasteiger partial charge in [-0.05, 0) is 43.2 Å². The maximum absolute atomic E-state index is 12.7. The van der Waals surface area contributed by atoms with Gasteiger partial charge in [0.2, 0.25) is 5.91 Å². The number of ether oxygens (including phenoxy) is 1. The zero-order valence-electron chi connectivity index (χ0n) is 17.3. The number of hydrogen-bond acceptors (Lipinski definition) is 6. The number of rotatable bonds is 5. The van der Waals surface area contributed by atoms with Crippen molar-refractivity contribution in [3.05, 3.63) is 62.3 Å². The van der Waals surface area contributed by atoms with Gasteiger partial charge in [-0.1, -0.05) is 17.7 Å². The molecule has 1 saturated heterocycles. The van der Waals surface area contributed by atoms with Gasteiger partial charge in [0.15, 0.2) is 0 Å². The molecular formula is C22H19ClN4O5S. The lowest BCUT2D eigenvalue weighted by molar-refractivity contribution is -0.113. The Labute approximate surface area is 196 Å². The fourth-order valence-corrected chi connectivity index (χ4v) is 5.05. The van der Waals surface area contributed by atoms with Crippen LogP contribution in [0.3, 0.4) is 0 Å². The average Bonchev–Trinajstić information content (AvgIpc) is 3.16. The summed E-state index contributed by atoms with van der Waals surface area (Å²) in [4.78, 5) is 54.3. The van der Waals surface area contributed by atoms with Crippen molar-refractivity contribution in [2.75, 3.05) is 22.5 Å².